The van der Waals surface area contributed by atoms with Gasteiger partial charge in [-0.15, -0.1) is 0 Å². The number of hydrogen-bond acceptors (Lipinski definition) is 4. The molecule has 1 aromatic heterocycles. The van der Waals surface area contributed by atoms with Gasteiger partial charge in [0.05, 0.1) is 0 Å². The number of benzene rings is 2. The van der Waals surface area contributed by atoms with Crippen molar-refractivity contribution in [3.63, 3.8) is 0 Å². The van der Waals surface area contributed by atoms with Crippen LogP contribution < -0.4 is 10.6 Å². The van der Waals surface area contributed by atoms with Crippen LogP contribution in [0.1, 0.15) is 23.9 Å². The number of rotatable bonds is 8. The fourth-order valence-electron chi connectivity index (χ4n) is 2.89. The largest absolute Gasteiger partial charge is 0.356 e. The molecule has 1 heterocycles. The first kappa shape index (κ1) is 20.5. The lowest BCUT2D eigenvalue weighted by Gasteiger charge is -2.12. The molecule has 6 nitrogen and oxygen atoms in total. The van der Waals surface area contributed by atoms with E-state index in [0.29, 0.717) is 36.2 Å². The summed E-state index contributed by atoms with van der Waals surface area (Å²) in [6.45, 7) is 3.34. The second-order valence-corrected chi connectivity index (χ2v) is 6.58. The lowest BCUT2D eigenvalue weighted by atomic mass is 10.1. The minimum absolute atomic E-state index is 0.174. The number of aryl methyl sites for hydroxylation is 1. The van der Waals surface area contributed by atoms with E-state index in [9.17, 15) is 4.39 Å². The van der Waals surface area contributed by atoms with Crippen molar-refractivity contribution in [3.8, 4) is 11.5 Å². The van der Waals surface area contributed by atoms with Crippen molar-refractivity contribution in [2.75, 3.05) is 20.1 Å². The maximum Gasteiger partial charge on any atom is 0.257 e. The van der Waals surface area contributed by atoms with Gasteiger partial charge >= 0.3 is 0 Å². The number of nitrogens with zero attached hydrogens (tertiary/aromatic N) is 3. The molecular formula is C22H26FN5O. The summed E-state index contributed by atoms with van der Waals surface area (Å²) in [5, 5.41) is 10.4. The molecule has 0 aliphatic rings. The van der Waals surface area contributed by atoms with Gasteiger partial charge in [-0.3, -0.25) is 4.99 Å². The maximum atomic E-state index is 13.7. The van der Waals surface area contributed by atoms with Crippen molar-refractivity contribution < 1.29 is 8.91 Å². The van der Waals surface area contributed by atoms with Crippen molar-refractivity contribution in [2.24, 2.45) is 4.99 Å². The second kappa shape index (κ2) is 10.4. The Hall–Kier alpha value is -3.22. The Morgan fingerprint density at radius 2 is 1.76 bits per heavy atom. The van der Waals surface area contributed by atoms with Gasteiger partial charge in [0.1, 0.15) is 5.82 Å². The van der Waals surface area contributed by atoms with Gasteiger partial charge in [-0.2, -0.15) is 4.98 Å². The summed E-state index contributed by atoms with van der Waals surface area (Å²) in [4.78, 5) is 8.55. The number of hydrogen-bond donors (Lipinski definition) is 2. The van der Waals surface area contributed by atoms with Crippen molar-refractivity contribution in [1.29, 1.82) is 0 Å². The summed E-state index contributed by atoms with van der Waals surface area (Å²) in [5.74, 6) is 1.79. The van der Waals surface area contributed by atoms with Crippen LogP contribution in [-0.4, -0.2) is 36.2 Å². The summed E-state index contributed by atoms with van der Waals surface area (Å²) >= 11 is 0. The molecule has 0 aliphatic carbocycles. The van der Waals surface area contributed by atoms with Crippen LogP contribution in [0, 0.1) is 5.82 Å². The average Bonchev–Trinajstić information content (AvgIpc) is 3.24. The Morgan fingerprint density at radius 3 is 2.41 bits per heavy atom. The third-order valence-electron chi connectivity index (χ3n) is 4.56. The zero-order chi connectivity index (χ0) is 20.5. The van der Waals surface area contributed by atoms with E-state index in [1.807, 2.05) is 25.1 Å². The first-order valence-corrected chi connectivity index (χ1v) is 9.79. The molecule has 0 unspecified atom stereocenters. The van der Waals surface area contributed by atoms with Crippen LogP contribution in [-0.2, 0) is 19.3 Å². The van der Waals surface area contributed by atoms with Crippen LogP contribution in [0.25, 0.3) is 11.5 Å². The molecule has 3 aromatic rings. The predicted molar refractivity (Wildman–Crippen MR) is 112 cm³/mol. The van der Waals surface area contributed by atoms with Crippen molar-refractivity contribution >= 4 is 5.96 Å². The molecular weight excluding hydrogens is 369 g/mol. The van der Waals surface area contributed by atoms with E-state index in [-0.39, 0.29) is 5.82 Å². The smallest absolute Gasteiger partial charge is 0.257 e. The minimum Gasteiger partial charge on any atom is -0.356 e. The zero-order valence-electron chi connectivity index (χ0n) is 16.8. The molecule has 2 N–H and O–H groups in total. The summed E-state index contributed by atoms with van der Waals surface area (Å²) in [7, 11) is 1.72. The SMILES string of the molecule is CCc1noc(-c2ccc(CCNC(=NC)NCCc3ccccc3F)cc2)n1. The molecule has 0 fully saturated rings. The third kappa shape index (κ3) is 5.88. The van der Waals surface area contributed by atoms with Crippen molar-refractivity contribution in [3.05, 3.63) is 71.3 Å². The first-order valence-electron chi connectivity index (χ1n) is 9.79. The number of aliphatic imine (C=N–C) groups is 1. The molecule has 29 heavy (non-hydrogen) atoms. The molecule has 0 bridgehead atoms. The van der Waals surface area contributed by atoms with Gasteiger partial charge in [0.2, 0.25) is 0 Å². The van der Waals surface area contributed by atoms with Gasteiger partial charge < -0.3 is 15.2 Å². The van der Waals surface area contributed by atoms with Crippen LogP contribution in [0.3, 0.4) is 0 Å². The van der Waals surface area contributed by atoms with E-state index in [2.05, 4.69) is 37.9 Å². The topological polar surface area (TPSA) is 75.3 Å². The quantitative estimate of drug-likeness (QED) is 0.452. The van der Waals surface area contributed by atoms with E-state index in [0.717, 1.165) is 24.9 Å². The fraction of sp³-hybridized carbons (Fsp3) is 0.318. The molecule has 7 heteroatoms. The van der Waals surface area contributed by atoms with E-state index < -0.39 is 0 Å². The van der Waals surface area contributed by atoms with E-state index in [4.69, 9.17) is 4.52 Å². The Labute approximate surface area is 170 Å². The van der Waals surface area contributed by atoms with E-state index in [1.54, 1.807) is 19.2 Å². The Bertz CT molecular complexity index is 936. The summed E-state index contributed by atoms with van der Waals surface area (Å²) < 4.78 is 18.9. The third-order valence-corrected chi connectivity index (χ3v) is 4.56. The van der Waals surface area contributed by atoms with Crippen LogP contribution in [0.4, 0.5) is 4.39 Å². The van der Waals surface area contributed by atoms with Gasteiger partial charge in [0.25, 0.3) is 5.89 Å². The summed E-state index contributed by atoms with van der Waals surface area (Å²) in [6, 6.07) is 14.9. The monoisotopic (exact) mass is 395 g/mol. The molecule has 0 saturated heterocycles. The number of halogens is 1. The number of nitrogens with one attached hydrogen (secondary N) is 2. The minimum atomic E-state index is -0.174. The first-order chi connectivity index (χ1) is 14.2. The molecule has 0 atom stereocenters. The lowest BCUT2D eigenvalue weighted by molar-refractivity contribution is 0.423. The van der Waals surface area contributed by atoms with Gasteiger partial charge in [-0.1, -0.05) is 42.4 Å². The standard InChI is InChI=1S/C22H26FN5O/c1-3-20-27-21(29-28-20)18-10-8-16(9-11-18)12-14-25-22(24-2)26-15-13-17-6-4-5-7-19(17)23/h4-11H,3,12-15H2,1-2H3,(H2,24,25,26). The van der Waals surface area contributed by atoms with Gasteiger partial charge in [-0.25, -0.2) is 4.39 Å². The molecule has 0 aliphatic heterocycles. The predicted octanol–water partition coefficient (Wildman–Crippen LogP) is 3.39. The molecule has 0 saturated carbocycles. The zero-order valence-corrected chi connectivity index (χ0v) is 16.8. The Morgan fingerprint density at radius 1 is 1.03 bits per heavy atom. The lowest BCUT2D eigenvalue weighted by Crippen LogP contribution is -2.39. The van der Waals surface area contributed by atoms with Crippen LogP contribution in [0.5, 0.6) is 0 Å². The number of aromatic nitrogens is 2. The highest BCUT2D eigenvalue weighted by Gasteiger charge is 2.07. The van der Waals surface area contributed by atoms with Crippen LogP contribution >= 0.6 is 0 Å². The highest BCUT2D eigenvalue weighted by molar-refractivity contribution is 5.79. The molecule has 3 rings (SSSR count). The number of guanidine groups is 1. The maximum absolute atomic E-state index is 13.7. The highest BCUT2D eigenvalue weighted by atomic mass is 19.1. The van der Waals surface area contributed by atoms with Crippen LogP contribution in [0.15, 0.2) is 58.0 Å². The fourth-order valence-corrected chi connectivity index (χ4v) is 2.89. The molecule has 0 radical (unpaired) electrons. The second-order valence-electron chi connectivity index (χ2n) is 6.58. The van der Waals surface area contributed by atoms with Crippen molar-refractivity contribution in [2.45, 2.75) is 26.2 Å². The van der Waals surface area contributed by atoms with Crippen LogP contribution in [0.2, 0.25) is 0 Å². The van der Waals surface area contributed by atoms with Crippen molar-refractivity contribution in [1.82, 2.24) is 20.8 Å². The van der Waals surface area contributed by atoms with Gasteiger partial charge in [0, 0.05) is 32.1 Å². The summed E-state index contributed by atoms with van der Waals surface area (Å²) in [5.41, 5.74) is 2.81. The molecule has 0 amide bonds. The molecule has 0 spiro atoms. The normalized spacial score (nSPS) is 11.5. The van der Waals surface area contributed by atoms with E-state index in [1.165, 1.54) is 11.6 Å². The Balaban J connectivity index is 1.42. The van der Waals surface area contributed by atoms with Gasteiger partial charge in [-0.05, 0) is 42.2 Å². The Kier molecular flexibility index (Phi) is 7.33. The summed E-state index contributed by atoms with van der Waals surface area (Å²) in [6.07, 6.45) is 2.20. The van der Waals surface area contributed by atoms with E-state index >= 15 is 0 Å². The molecule has 152 valence electrons. The highest BCUT2D eigenvalue weighted by Crippen LogP contribution is 2.18. The molecule has 2 aromatic carbocycles. The average molecular weight is 395 g/mol. The van der Waals surface area contributed by atoms with Gasteiger partial charge in [0.15, 0.2) is 11.8 Å².